The number of rotatable bonds is 3. The lowest BCUT2D eigenvalue weighted by atomic mass is 9.81. The van der Waals surface area contributed by atoms with E-state index in [1.54, 1.807) is 0 Å². The van der Waals surface area contributed by atoms with Crippen LogP contribution in [-0.4, -0.2) is 18.4 Å². The summed E-state index contributed by atoms with van der Waals surface area (Å²) in [6.07, 6.45) is 18.4. The molecule has 0 spiro atoms. The van der Waals surface area contributed by atoms with Crippen molar-refractivity contribution in [1.82, 2.24) is 5.32 Å². The summed E-state index contributed by atoms with van der Waals surface area (Å²) in [6.45, 7) is 1.06. The van der Waals surface area contributed by atoms with Crippen LogP contribution in [0, 0.1) is 11.8 Å². The van der Waals surface area contributed by atoms with Crippen LogP contribution in [0.3, 0.4) is 0 Å². The van der Waals surface area contributed by atoms with Gasteiger partial charge in [-0.3, -0.25) is 4.99 Å². The Labute approximate surface area is 124 Å². The van der Waals surface area contributed by atoms with Gasteiger partial charge in [-0.2, -0.15) is 0 Å². The highest BCUT2D eigenvalue weighted by Gasteiger charge is 2.30. The molecule has 0 bridgehead atoms. The fourth-order valence-corrected chi connectivity index (χ4v) is 4.57. The van der Waals surface area contributed by atoms with Gasteiger partial charge in [0.25, 0.3) is 0 Å². The molecule has 0 unspecified atom stereocenters. The lowest BCUT2D eigenvalue weighted by Gasteiger charge is -2.29. The predicted molar refractivity (Wildman–Crippen MR) is 86.2 cm³/mol. The zero-order chi connectivity index (χ0) is 13.6. The second kappa shape index (κ2) is 7.47. The zero-order valence-electron chi connectivity index (χ0n) is 13.1. The Morgan fingerprint density at radius 1 is 0.850 bits per heavy atom. The Kier molecular flexibility index (Phi) is 5.38. The van der Waals surface area contributed by atoms with Crippen LogP contribution in [0.1, 0.15) is 83.5 Å². The first kappa shape index (κ1) is 14.4. The monoisotopic (exact) mass is 276 g/mol. The van der Waals surface area contributed by atoms with E-state index in [9.17, 15) is 0 Å². The molecule has 3 aliphatic rings. The van der Waals surface area contributed by atoms with Gasteiger partial charge in [0.15, 0.2) is 0 Å². The SMILES string of the molecule is C1CCN=C(N[C@@H]2CCC[C@@H]2CC2CCCCC2)CC1. The molecule has 0 aromatic rings. The van der Waals surface area contributed by atoms with Gasteiger partial charge in [-0.1, -0.05) is 44.9 Å². The van der Waals surface area contributed by atoms with Gasteiger partial charge in [-0.05, 0) is 43.9 Å². The highest BCUT2D eigenvalue weighted by molar-refractivity contribution is 5.82. The molecule has 0 aromatic heterocycles. The minimum atomic E-state index is 0.744. The summed E-state index contributed by atoms with van der Waals surface area (Å²) in [6, 6.07) is 0.744. The van der Waals surface area contributed by atoms with Crippen LogP contribution >= 0.6 is 0 Å². The molecule has 20 heavy (non-hydrogen) atoms. The van der Waals surface area contributed by atoms with Gasteiger partial charge < -0.3 is 5.32 Å². The number of aliphatic imine (C=N–C) groups is 1. The van der Waals surface area contributed by atoms with Crippen molar-refractivity contribution >= 4 is 5.84 Å². The molecule has 3 rings (SSSR count). The number of nitrogens with zero attached hydrogens (tertiary/aromatic N) is 1. The largest absolute Gasteiger partial charge is 0.371 e. The Balaban J connectivity index is 1.50. The maximum atomic E-state index is 4.77. The Bertz CT molecular complexity index is 317. The summed E-state index contributed by atoms with van der Waals surface area (Å²) in [5, 5.41) is 3.85. The average molecular weight is 276 g/mol. The molecule has 2 saturated carbocycles. The molecule has 2 heteroatoms. The van der Waals surface area contributed by atoms with Crippen LogP contribution in [-0.2, 0) is 0 Å². The maximum absolute atomic E-state index is 4.77. The average Bonchev–Trinajstić information content (AvgIpc) is 2.74. The number of hydrogen-bond donors (Lipinski definition) is 1. The molecule has 0 saturated heterocycles. The quantitative estimate of drug-likeness (QED) is 0.794. The van der Waals surface area contributed by atoms with E-state index in [1.807, 2.05) is 0 Å². The second-order valence-electron chi connectivity index (χ2n) is 7.32. The maximum Gasteiger partial charge on any atom is 0.0965 e. The fourth-order valence-electron chi connectivity index (χ4n) is 4.57. The van der Waals surface area contributed by atoms with E-state index in [1.165, 1.54) is 89.3 Å². The van der Waals surface area contributed by atoms with Crippen molar-refractivity contribution in [3.8, 4) is 0 Å². The molecular formula is C18H32N2. The molecule has 1 heterocycles. The Morgan fingerprint density at radius 2 is 1.70 bits per heavy atom. The van der Waals surface area contributed by atoms with E-state index in [0.29, 0.717) is 0 Å². The highest BCUT2D eigenvalue weighted by Crippen LogP contribution is 2.36. The van der Waals surface area contributed by atoms with Crippen molar-refractivity contribution in [3.05, 3.63) is 0 Å². The lowest BCUT2D eigenvalue weighted by molar-refractivity contribution is 0.271. The van der Waals surface area contributed by atoms with Crippen LogP contribution in [0.25, 0.3) is 0 Å². The first-order chi connectivity index (χ1) is 9.92. The molecule has 2 atom stereocenters. The van der Waals surface area contributed by atoms with Crippen molar-refractivity contribution in [1.29, 1.82) is 0 Å². The molecule has 2 fully saturated rings. The number of hydrogen-bond acceptors (Lipinski definition) is 2. The standard InChI is InChI=1S/C18H32N2/c1-3-8-15(9-4-1)14-16-10-7-11-17(16)20-18-12-5-2-6-13-19-18/h15-17H,1-14H2,(H,19,20)/t16-,17-/m1/s1. The summed E-state index contributed by atoms with van der Waals surface area (Å²) < 4.78 is 0. The Hall–Kier alpha value is -0.530. The van der Waals surface area contributed by atoms with Crippen molar-refractivity contribution in [2.75, 3.05) is 6.54 Å². The van der Waals surface area contributed by atoms with E-state index < -0.39 is 0 Å². The summed E-state index contributed by atoms with van der Waals surface area (Å²) in [4.78, 5) is 4.77. The molecule has 1 N–H and O–H groups in total. The molecule has 2 nitrogen and oxygen atoms in total. The second-order valence-corrected chi connectivity index (χ2v) is 7.32. The predicted octanol–water partition coefficient (Wildman–Crippen LogP) is 4.69. The van der Waals surface area contributed by atoms with Gasteiger partial charge in [0.1, 0.15) is 0 Å². The molecule has 0 amide bonds. The molecule has 1 aliphatic heterocycles. The van der Waals surface area contributed by atoms with Crippen LogP contribution in [0.4, 0.5) is 0 Å². The van der Waals surface area contributed by atoms with Crippen LogP contribution in [0.15, 0.2) is 4.99 Å². The molecule has 0 aromatic carbocycles. The summed E-state index contributed by atoms with van der Waals surface area (Å²) >= 11 is 0. The summed E-state index contributed by atoms with van der Waals surface area (Å²) in [7, 11) is 0. The fraction of sp³-hybridized carbons (Fsp3) is 0.944. The van der Waals surface area contributed by atoms with Crippen molar-refractivity contribution < 1.29 is 0 Å². The van der Waals surface area contributed by atoms with Crippen LogP contribution in [0.2, 0.25) is 0 Å². The van der Waals surface area contributed by atoms with Gasteiger partial charge >= 0.3 is 0 Å². The van der Waals surface area contributed by atoms with Gasteiger partial charge in [0.2, 0.25) is 0 Å². The molecular weight excluding hydrogens is 244 g/mol. The first-order valence-corrected chi connectivity index (χ1v) is 9.21. The minimum absolute atomic E-state index is 0.744. The Morgan fingerprint density at radius 3 is 2.60 bits per heavy atom. The normalized spacial score (nSPS) is 32.7. The topological polar surface area (TPSA) is 24.4 Å². The van der Waals surface area contributed by atoms with E-state index in [2.05, 4.69) is 5.32 Å². The van der Waals surface area contributed by atoms with Gasteiger partial charge in [-0.15, -0.1) is 0 Å². The lowest BCUT2D eigenvalue weighted by Crippen LogP contribution is -2.38. The van der Waals surface area contributed by atoms with Crippen molar-refractivity contribution in [3.63, 3.8) is 0 Å². The number of amidine groups is 1. The van der Waals surface area contributed by atoms with Gasteiger partial charge in [0.05, 0.1) is 5.84 Å². The van der Waals surface area contributed by atoms with Crippen LogP contribution < -0.4 is 5.32 Å². The summed E-state index contributed by atoms with van der Waals surface area (Å²) in [5.41, 5.74) is 0. The van der Waals surface area contributed by atoms with E-state index in [0.717, 1.165) is 24.4 Å². The molecule has 2 aliphatic carbocycles. The number of nitrogens with one attached hydrogen (secondary N) is 1. The van der Waals surface area contributed by atoms with E-state index in [4.69, 9.17) is 4.99 Å². The third-order valence-electron chi connectivity index (χ3n) is 5.75. The van der Waals surface area contributed by atoms with E-state index >= 15 is 0 Å². The third-order valence-corrected chi connectivity index (χ3v) is 5.75. The smallest absolute Gasteiger partial charge is 0.0965 e. The molecule has 0 radical (unpaired) electrons. The molecule has 114 valence electrons. The summed E-state index contributed by atoms with van der Waals surface area (Å²) in [5.74, 6) is 3.30. The van der Waals surface area contributed by atoms with Crippen molar-refractivity contribution in [2.45, 2.75) is 89.5 Å². The minimum Gasteiger partial charge on any atom is -0.371 e. The van der Waals surface area contributed by atoms with Gasteiger partial charge in [0, 0.05) is 19.0 Å². The zero-order valence-corrected chi connectivity index (χ0v) is 13.1. The highest BCUT2D eigenvalue weighted by atomic mass is 15.0. The van der Waals surface area contributed by atoms with E-state index in [-0.39, 0.29) is 0 Å². The first-order valence-electron chi connectivity index (χ1n) is 9.21. The van der Waals surface area contributed by atoms with Crippen molar-refractivity contribution in [2.24, 2.45) is 16.8 Å². The van der Waals surface area contributed by atoms with Crippen LogP contribution in [0.5, 0.6) is 0 Å². The van der Waals surface area contributed by atoms with Gasteiger partial charge in [-0.25, -0.2) is 0 Å². The third kappa shape index (κ3) is 3.99.